The first-order valence-corrected chi connectivity index (χ1v) is 6.21. The molecule has 1 heterocycles. The van der Waals surface area contributed by atoms with E-state index >= 15 is 0 Å². The van der Waals surface area contributed by atoms with E-state index in [1.807, 2.05) is 19.1 Å². The van der Waals surface area contributed by atoms with Crippen LogP contribution in [-0.4, -0.2) is 10.4 Å². The molecular formula is C15H19NO. The first-order chi connectivity index (χ1) is 8.15. The molecule has 0 aliphatic rings. The van der Waals surface area contributed by atoms with Gasteiger partial charge in [-0.2, -0.15) is 0 Å². The van der Waals surface area contributed by atoms with Crippen molar-refractivity contribution in [3.05, 3.63) is 35.5 Å². The minimum absolute atomic E-state index is 0.316. The molecule has 1 aromatic heterocycles. The van der Waals surface area contributed by atoms with Gasteiger partial charge in [-0.15, -0.1) is 0 Å². The zero-order valence-electron chi connectivity index (χ0n) is 10.8. The summed E-state index contributed by atoms with van der Waals surface area (Å²) >= 11 is 0. The number of hydrogen-bond donors (Lipinski definition) is 0. The van der Waals surface area contributed by atoms with Gasteiger partial charge in [0, 0.05) is 23.0 Å². The smallest absolute Gasteiger partial charge is 0.152 e. The van der Waals surface area contributed by atoms with E-state index in [1.165, 1.54) is 22.2 Å². The van der Waals surface area contributed by atoms with E-state index < -0.39 is 0 Å². The molecule has 0 radical (unpaired) electrons. The highest BCUT2D eigenvalue weighted by molar-refractivity contribution is 5.87. The van der Waals surface area contributed by atoms with Crippen molar-refractivity contribution in [1.82, 2.24) is 4.57 Å². The fourth-order valence-electron chi connectivity index (χ4n) is 2.34. The van der Waals surface area contributed by atoms with E-state index in [0.717, 1.165) is 6.42 Å². The number of Topliss-reactive ketones (excluding diaryl/α,β-unsaturated/α-hetero) is 1. The summed E-state index contributed by atoms with van der Waals surface area (Å²) in [5, 5.41) is 1.26. The highest BCUT2D eigenvalue weighted by Crippen LogP contribution is 2.24. The fourth-order valence-corrected chi connectivity index (χ4v) is 2.34. The van der Waals surface area contributed by atoms with Crippen molar-refractivity contribution >= 4 is 16.7 Å². The van der Waals surface area contributed by atoms with Gasteiger partial charge in [-0.05, 0) is 31.9 Å². The summed E-state index contributed by atoms with van der Waals surface area (Å²) in [5.41, 5.74) is 3.66. The molecule has 0 unspecified atom stereocenters. The molecule has 0 aliphatic heterocycles. The number of carbonyl (C=O) groups is 1. The third kappa shape index (κ3) is 2.12. The zero-order chi connectivity index (χ0) is 12.4. The molecule has 0 aliphatic carbocycles. The van der Waals surface area contributed by atoms with Gasteiger partial charge in [0.2, 0.25) is 0 Å². The summed E-state index contributed by atoms with van der Waals surface area (Å²) in [5.74, 6) is 0.316. The first kappa shape index (κ1) is 11.9. The van der Waals surface area contributed by atoms with Crippen LogP contribution in [0.4, 0.5) is 0 Å². The lowest BCUT2D eigenvalue weighted by Crippen LogP contribution is -2.10. The molecule has 0 saturated heterocycles. The van der Waals surface area contributed by atoms with Gasteiger partial charge in [-0.3, -0.25) is 4.79 Å². The second-order valence-corrected chi connectivity index (χ2v) is 4.60. The lowest BCUT2D eigenvalue weighted by molar-refractivity contribution is -0.119. The molecule has 0 N–H and O–H groups in total. The van der Waals surface area contributed by atoms with E-state index in [1.54, 1.807) is 0 Å². The molecule has 0 spiro atoms. The van der Waals surface area contributed by atoms with Crippen molar-refractivity contribution < 1.29 is 4.79 Å². The van der Waals surface area contributed by atoms with Crippen molar-refractivity contribution in [3.8, 4) is 0 Å². The molecule has 0 amide bonds. The number of fused-ring (bicyclic) bond motifs is 1. The van der Waals surface area contributed by atoms with Crippen molar-refractivity contribution in [1.29, 1.82) is 0 Å². The number of hydrogen-bond acceptors (Lipinski definition) is 1. The minimum Gasteiger partial charge on any atom is -0.337 e. The standard InChI is InChI=1S/C15H19NO/c1-4-7-13(17)10-16-12(3)11(2)14-8-5-6-9-15(14)16/h5-6,8-9H,4,7,10H2,1-3H3. The summed E-state index contributed by atoms with van der Waals surface area (Å²) in [6.07, 6.45) is 1.60. The summed E-state index contributed by atoms with van der Waals surface area (Å²) in [4.78, 5) is 11.8. The van der Waals surface area contributed by atoms with Gasteiger partial charge in [0.05, 0.1) is 6.54 Å². The average Bonchev–Trinajstić information content (AvgIpc) is 2.56. The Morgan fingerprint density at radius 1 is 1.24 bits per heavy atom. The van der Waals surface area contributed by atoms with Gasteiger partial charge in [0.1, 0.15) is 0 Å². The lowest BCUT2D eigenvalue weighted by atomic mass is 10.2. The van der Waals surface area contributed by atoms with Crippen LogP contribution in [0.3, 0.4) is 0 Å². The molecule has 2 rings (SSSR count). The molecule has 2 aromatic rings. The van der Waals surface area contributed by atoms with Crippen LogP contribution in [0.5, 0.6) is 0 Å². The van der Waals surface area contributed by atoms with Crippen LogP contribution in [0.15, 0.2) is 24.3 Å². The van der Waals surface area contributed by atoms with E-state index in [0.29, 0.717) is 18.7 Å². The van der Waals surface area contributed by atoms with Crippen LogP contribution < -0.4 is 0 Å². The second kappa shape index (κ2) is 4.74. The minimum atomic E-state index is 0.316. The zero-order valence-corrected chi connectivity index (χ0v) is 10.8. The van der Waals surface area contributed by atoms with E-state index in [9.17, 15) is 4.79 Å². The van der Waals surface area contributed by atoms with Gasteiger partial charge in [0.25, 0.3) is 0 Å². The van der Waals surface area contributed by atoms with Crippen molar-refractivity contribution in [2.24, 2.45) is 0 Å². The van der Waals surface area contributed by atoms with Gasteiger partial charge in [-0.25, -0.2) is 0 Å². The number of ketones is 1. The van der Waals surface area contributed by atoms with Crippen molar-refractivity contribution in [2.45, 2.75) is 40.2 Å². The molecular weight excluding hydrogens is 210 g/mol. The normalized spacial score (nSPS) is 11.0. The number of nitrogens with zero attached hydrogens (tertiary/aromatic N) is 1. The number of rotatable bonds is 4. The second-order valence-electron chi connectivity index (χ2n) is 4.60. The maximum absolute atomic E-state index is 11.8. The molecule has 0 saturated carbocycles. The van der Waals surface area contributed by atoms with Crippen LogP contribution in [0, 0.1) is 13.8 Å². The average molecular weight is 229 g/mol. The van der Waals surface area contributed by atoms with Crippen LogP contribution in [0.2, 0.25) is 0 Å². The Balaban J connectivity index is 2.46. The topological polar surface area (TPSA) is 22.0 Å². The van der Waals surface area contributed by atoms with E-state index in [2.05, 4.69) is 30.5 Å². The third-order valence-corrected chi connectivity index (χ3v) is 3.41. The SMILES string of the molecule is CCCC(=O)Cn1c(C)c(C)c2ccccc21. The molecule has 2 heteroatoms. The van der Waals surface area contributed by atoms with Crippen molar-refractivity contribution in [2.75, 3.05) is 0 Å². The maximum Gasteiger partial charge on any atom is 0.152 e. The Labute approximate surface area is 102 Å². The highest BCUT2D eigenvalue weighted by atomic mass is 16.1. The number of benzene rings is 1. The quantitative estimate of drug-likeness (QED) is 0.784. The molecule has 2 nitrogen and oxygen atoms in total. The van der Waals surface area contributed by atoms with Crippen molar-refractivity contribution in [3.63, 3.8) is 0 Å². The van der Waals surface area contributed by atoms with Gasteiger partial charge >= 0.3 is 0 Å². The largest absolute Gasteiger partial charge is 0.337 e. The number of carbonyl (C=O) groups excluding carboxylic acids is 1. The van der Waals surface area contributed by atoms with Gasteiger partial charge in [0.15, 0.2) is 5.78 Å². The molecule has 0 fully saturated rings. The Morgan fingerprint density at radius 3 is 2.65 bits per heavy atom. The van der Waals surface area contributed by atoms with Gasteiger partial charge < -0.3 is 4.57 Å². The number of para-hydroxylation sites is 1. The van der Waals surface area contributed by atoms with Gasteiger partial charge in [-0.1, -0.05) is 25.1 Å². The van der Waals surface area contributed by atoms with Crippen LogP contribution >= 0.6 is 0 Å². The Hall–Kier alpha value is -1.57. The third-order valence-electron chi connectivity index (χ3n) is 3.41. The molecule has 1 aromatic carbocycles. The Morgan fingerprint density at radius 2 is 1.94 bits per heavy atom. The number of aryl methyl sites for hydroxylation is 1. The van der Waals surface area contributed by atoms with Crippen LogP contribution in [-0.2, 0) is 11.3 Å². The van der Waals surface area contributed by atoms with Crippen LogP contribution in [0.25, 0.3) is 10.9 Å². The number of aromatic nitrogens is 1. The molecule has 0 atom stereocenters. The molecule has 0 bridgehead atoms. The fraction of sp³-hybridized carbons (Fsp3) is 0.400. The maximum atomic E-state index is 11.8. The van der Waals surface area contributed by atoms with E-state index in [4.69, 9.17) is 0 Å². The first-order valence-electron chi connectivity index (χ1n) is 6.21. The van der Waals surface area contributed by atoms with Crippen LogP contribution in [0.1, 0.15) is 31.0 Å². The summed E-state index contributed by atoms with van der Waals surface area (Å²) in [7, 11) is 0. The lowest BCUT2D eigenvalue weighted by Gasteiger charge is -2.07. The summed E-state index contributed by atoms with van der Waals surface area (Å²) in [6, 6.07) is 8.29. The molecule has 17 heavy (non-hydrogen) atoms. The summed E-state index contributed by atoms with van der Waals surface area (Å²) < 4.78 is 2.14. The Bertz CT molecular complexity index is 551. The Kier molecular flexibility index (Phi) is 3.32. The monoisotopic (exact) mass is 229 g/mol. The molecule has 90 valence electrons. The predicted molar refractivity (Wildman–Crippen MR) is 71.3 cm³/mol. The predicted octanol–water partition coefficient (Wildman–Crippen LogP) is 3.63. The summed E-state index contributed by atoms with van der Waals surface area (Å²) in [6.45, 7) is 6.77. The highest BCUT2D eigenvalue weighted by Gasteiger charge is 2.12. The van der Waals surface area contributed by atoms with E-state index in [-0.39, 0.29) is 0 Å².